The van der Waals surface area contributed by atoms with Gasteiger partial charge in [-0.3, -0.25) is 14.7 Å². The topological polar surface area (TPSA) is 112 Å². The third kappa shape index (κ3) is 5.80. The maximum atomic E-state index is 12.9. The van der Waals surface area contributed by atoms with E-state index in [0.29, 0.717) is 0 Å². The van der Waals surface area contributed by atoms with Crippen molar-refractivity contribution < 1.29 is 24.5 Å². The molecule has 2 heterocycles. The van der Waals surface area contributed by atoms with Crippen molar-refractivity contribution in [1.29, 1.82) is 0 Å². The van der Waals surface area contributed by atoms with E-state index < -0.39 is 35.8 Å². The summed E-state index contributed by atoms with van der Waals surface area (Å²) in [5.41, 5.74) is 1.95. The van der Waals surface area contributed by atoms with Crippen LogP contribution in [0.1, 0.15) is 38.8 Å². The summed E-state index contributed by atoms with van der Waals surface area (Å²) in [6, 6.07) is 9.75. The van der Waals surface area contributed by atoms with Crippen molar-refractivity contribution in [3.05, 3.63) is 54.4 Å². The van der Waals surface area contributed by atoms with Gasteiger partial charge in [0.1, 0.15) is 11.6 Å². The fraction of sp³-hybridized carbons (Fsp3) is 0.435. The molecule has 166 valence electrons. The van der Waals surface area contributed by atoms with E-state index in [-0.39, 0.29) is 19.6 Å². The number of carbonyl (C=O) groups is 2. The van der Waals surface area contributed by atoms with Gasteiger partial charge < -0.3 is 20.3 Å². The fourth-order valence-corrected chi connectivity index (χ4v) is 3.53. The lowest BCUT2D eigenvalue weighted by Gasteiger charge is -2.28. The van der Waals surface area contributed by atoms with Crippen molar-refractivity contribution in [1.82, 2.24) is 15.2 Å². The molecule has 0 bridgehead atoms. The quantitative estimate of drug-likeness (QED) is 0.675. The Balaban J connectivity index is 1.70. The summed E-state index contributed by atoms with van der Waals surface area (Å²) in [4.78, 5) is 30.7. The molecule has 1 fully saturated rings. The first-order valence-electron chi connectivity index (χ1n) is 10.3. The molecule has 8 nitrogen and oxygen atoms in total. The summed E-state index contributed by atoms with van der Waals surface area (Å²) in [7, 11) is 0. The van der Waals surface area contributed by atoms with E-state index in [2.05, 4.69) is 10.3 Å². The van der Waals surface area contributed by atoms with Crippen LogP contribution in [0.25, 0.3) is 11.1 Å². The first-order valence-corrected chi connectivity index (χ1v) is 10.3. The highest BCUT2D eigenvalue weighted by Gasteiger charge is 2.41. The lowest BCUT2D eigenvalue weighted by Crippen LogP contribution is -2.48. The van der Waals surface area contributed by atoms with E-state index in [1.54, 1.807) is 33.2 Å². The largest absolute Gasteiger partial charge is 0.444 e. The standard InChI is InChI=1S/C23H29N3O5/c1-23(2,3)31-22(30)26-13-18(28)11-20(26)21(29)25-19(14-27)16-8-6-15(7-9-16)17-5-4-10-24-12-17/h4-10,12,18-20,27-28H,11,13-14H2,1-3H3,(H,25,29)/t18-,19+,20+/m1/s1. The van der Waals surface area contributed by atoms with Crippen LogP contribution in [-0.4, -0.2) is 63.0 Å². The number of rotatable bonds is 5. The van der Waals surface area contributed by atoms with Crippen LogP contribution in [0.3, 0.4) is 0 Å². The Morgan fingerprint density at radius 3 is 2.52 bits per heavy atom. The molecule has 3 atom stereocenters. The zero-order valence-corrected chi connectivity index (χ0v) is 18.0. The second-order valence-corrected chi connectivity index (χ2v) is 8.65. The van der Waals surface area contributed by atoms with Gasteiger partial charge in [-0.15, -0.1) is 0 Å². The summed E-state index contributed by atoms with van der Waals surface area (Å²) in [5.74, 6) is -0.446. The molecular formula is C23H29N3O5. The van der Waals surface area contributed by atoms with Gasteiger partial charge in [-0.25, -0.2) is 4.79 Å². The number of nitrogens with zero attached hydrogens (tertiary/aromatic N) is 2. The van der Waals surface area contributed by atoms with Crippen molar-refractivity contribution in [2.45, 2.75) is 51.0 Å². The van der Waals surface area contributed by atoms with Crippen molar-refractivity contribution in [3.63, 3.8) is 0 Å². The molecule has 3 N–H and O–H groups in total. The lowest BCUT2D eigenvalue weighted by atomic mass is 10.0. The van der Waals surface area contributed by atoms with Crippen LogP contribution in [0.4, 0.5) is 4.79 Å². The first kappa shape index (κ1) is 22.7. The monoisotopic (exact) mass is 427 g/mol. The molecule has 1 aromatic heterocycles. The molecule has 1 saturated heterocycles. The number of nitrogens with one attached hydrogen (secondary N) is 1. The lowest BCUT2D eigenvalue weighted by molar-refractivity contribution is -0.126. The predicted molar refractivity (Wildman–Crippen MR) is 115 cm³/mol. The highest BCUT2D eigenvalue weighted by atomic mass is 16.6. The molecule has 1 aliphatic rings. The minimum Gasteiger partial charge on any atom is -0.444 e. The molecule has 1 aromatic carbocycles. The van der Waals surface area contributed by atoms with Gasteiger partial charge in [0.15, 0.2) is 0 Å². The number of β-amino-alcohol motifs (C(OH)–C–C–N with tert-alkyl or cyclic N) is 1. The minimum absolute atomic E-state index is 0.0244. The third-order valence-electron chi connectivity index (χ3n) is 5.02. The van der Waals surface area contributed by atoms with E-state index in [0.717, 1.165) is 16.7 Å². The van der Waals surface area contributed by atoms with Gasteiger partial charge in [0.2, 0.25) is 5.91 Å². The normalized spacial score (nSPS) is 19.7. The predicted octanol–water partition coefficient (Wildman–Crippen LogP) is 2.27. The number of hydrogen-bond donors (Lipinski definition) is 3. The molecule has 2 amide bonds. The number of carbonyl (C=O) groups excluding carboxylic acids is 2. The molecular weight excluding hydrogens is 398 g/mol. The van der Waals surface area contributed by atoms with Crippen LogP contribution in [0.5, 0.6) is 0 Å². The summed E-state index contributed by atoms with van der Waals surface area (Å²) in [6.45, 7) is 4.94. The number of aliphatic hydroxyl groups excluding tert-OH is 2. The Hall–Kier alpha value is -2.97. The van der Waals surface area contributed by atoms with Crippen LogP contribution in [0.15, 0.2) is 48.8 Å². The molecule has 0 unspecified atom stereocenters. The van der Waals surface area contributed by atoms with Crippen LogP contribution in [-0.2, 0) is 9.53 Å². The van der Waals surface area contributed by atoms with Gasteiger partial charge in [-0.05, 0) is 43.5 Å². The zero-order valence-electron chi connectivity index (χ0n) is 18.0. The summed E-state index contributed by atoms with van der Waals surface area (Å²) in [5, 5.41) is 22.7. The Morgan fingerprint density at radius 2 is 1.94 bits per heavy atom. The average molecular weight is 428 g/mol. The molecule has 0 spiro atoms. The van der Waals surface area contributed by atoms with Crippen molar-refractivity contribution >= 4 is 12.0 Å². The SMILES string of the molecule is CC(C)(C)OC(=O)N1C[C@H](O)C[C@H]1C(=O)N[C@@H](CO)c1ccc(-c2cccnc2)cc1. The van der Waals surface area contributed by atoms with Crippen LogP contribution in [0.2, 0.25) is 0 Å². The minimum atomic E-state index is -0.867. The summed E-state index contributed by atoms with van der Waals surface area (Å²) < 4.78 is 5.36. The number of likely N-dealkylation sites (tertiary alicyclic amines) is 1. The zero-order chi connectivity index (χ0) is 22.6. The Morgan fingerprint density at radius 1 is 1.23 bits per heavy atom. The Kier molecular flexibility index (Phi) is 6.92. The van der Waals surface area contributed by atoms with Gasteiger partial charge in [-0.1, -0.05) is 30.3 Å². The van der Waals surface area contributed by atoms with E-state index in [1.807, 2.05) is 36.4 Å². The molecule has 3 rings (SSSR count). The van der Waals surface area contributed by atoms with Gasteiger partial charge in [0.25, 0.3) is 0 Å². The second kappa shape index (κ2) is 9.45. The van der Waals surface area contributed by atoms with Crippen LogP contribution in [0, 0.1) is 0 Å². The molecule has 31 heavy (non-hydrogen) atoms. The Bertz CT molecular complexity index is 896. The molecule has 8 heteroatoms. The number of aliphatic hydroxyl groups is 2. The average Bonchev–Trinajstić information content (AvgIpc) is 3.13. The van der Waals surface area contributed by atoms with Crippen LogP contribution < -0.4 is 5.32 Å². The van der Waals surface area contributed by atoms with Gasteiger partial charge >= 0.3 is 6.09 Å². The number of pyridine rings is 1. The highest BCUT2D eigenvalue weighted by molar-refractivity contribution is 5.86. The van der Waals surface area contributed by atoms with Gasteiger partial charge in [0, 0.05) is 18.8 Å². The second-order valence-electron chi connectivity index (χ2n) is 8.65. The highest BCUT2D eigenvalue weighted by Crippen LogP contribution is 2.24. The number of ether oxygens (including phenoxy) is 1. The number of amides is 2. The van der Waals surface area contributed by atoms with Crippen molar-refractivity contribution in [2.75, 3.05) is 13.2 Å². The van der Waals surface area contributed by atoms with E-state index >= 15 is 0 Å². The van der Waals surface area contributed by atoms with Gasteiger partial charge in [0.05, 0.1) is 25.3 Å². The number of aromatic nitrogens is 1. The van der Waals surface area contributed by atoms with E-state index in [1.165, 1.54) is 4.90 Å². The van der Waals surface area contributed by atoms with E-state index in [9.17, 15) is 19.8 Å². The fourth-order valence-electron chi connectivity index (χ4n) is 3.53. The number of benzene rings is 1. The molecule has 0 radical (unpaired) electrons. The number of hydrogen-bond acceptors (Lipinski definition) is 6. The first-order chi connectivity index (χ1) is 14.7. The van der Waals surface area contributed by atoms with Crippen LogP contribution >= 0.6 is 0 Å². The Labute approximate surface area is 181 Å². The molecule has 0 aliphatic carbocycles. The molecule has 0 saturated carbocycles. The van der Waals surface area contributed by atoms with Crippen molar-refractivity contribution in [2.24, 2.45) is 0 Å². The molecule has 1 aliphatic heterocycles. The maximum absolute atomic E-state index is 12.9. The molecule has 2 aromatic rings. The maximum Gasteiger partial charge on any atom is 0.411 e. The summed E-state index contributed by atoms with van der Waals surface area (Å²) >= 11 is 0. The van der Waals surface area contributed by atoms with E-state index in [4.69, 9.17) is 4.74 Å². The summed E-state index contributed by atoms with van der Waals surface area (Å²) in [6.07, 6.45) is 2.12. The third-order valence-corrected chi connectivity index (χ3v) is 5.02. The van der Waals surface area contributed by atoms with Crippen molar-refractivity contribution in [3.8, 4) is 11.1 Å². The smallest absolute Gasteiger partial charge is 0.411 e. The van der Waals surface area contributed by atoms with Gasteiger partial charge in [-0.2, -0.15) is 0 Å².